The quantitative estimate of drug-likeness (QED) is 0.695. The Balaban J connectivity index is 2.13. The van der Waals surface area contributed by atoms with E-state index in [1.54, 1.807) is 25.3 Å². The molecule has 2 aromatic carbocycles. The van der Waals surface area contributed by atoms with Gasteiger partial charge in [0, 0.05) is 20.6 Å². The van der Waals surface area contributed by atoms with Crippen LogP contribution in [0.1, 0.15) is 5.56 Å². The zero-order valence-corrected chi connectivity index (χ0v) is 14.7. The molecule has 6 heteroatoms. The van der Waals surface area contributed by atoms with Gasteiger partial charge in [-0.2, -0.15) is 0 Å². The first kappa shape index (κ1) is 16.7. The van der Waals surface area contributed by atoms with Crippen LogP contribution in [-0.4, -0.2) is 13.0 Å². The van der Waals surface area contributed by atoms with Crippen LogP contribution in [0.15, 0.2) is 51.4 Å². The van der Waals surface area contributed by atoms with E-state index in [2.05, 4.69) is 37.2 Å². The number of methoxy groups -OCH3 is 1. The summed E-state index contributed by atoms with van der Waals surface area (Å²) in [6.45, 7) is 0. The second-order valence-electron chi connectivity index (χ2n) is 4.33. The first-order valence-electron chi connectivity index (χ1n) is 6.27. The lowest BCUT2D eigenvalue weighted by Gasteiger charge is -2.06. The first-order valence-corrected chi connectivity index (χ1v) is 7.86. The van der Waals surface area contributed by atoms with Gasteiger partial charge in [0.1, 0.15) is 11.6 Å². The van der Waals surface area contributed by atoms with E-state index in [-0.39, 0.29) is 5.69 Å². The number of benzene rings is 2. The molecule has 0 spiro atoms. The van der Waals surface area contributed by atoms with Crippen LogP contribution in [0.25, 0.3) is 6.08 Å². The maximum atomic E-state index is 13.7. The summed E-state index contributed by atoms with van der Waals surface area (Å²) >= 11 is 6.52. The van der Waals surface area contributed by atoms with Crippen molar-refractivity contribution in [1.82, 2.24) is 0 Å². The van der Waals surface area contributed by atoms with Crippen LogP contribution in [0.3, 0.4) is 0 Å². The van der Waals surface area contributed by atoms with Crippen molar-refractivity contribution >= 4 is 49.5 Å². The molecule has 0 aliphatic rings. The van der Waals surface area contributed by atoms with Gasteiger partial charge in [0.05, 0.1) is 12.8 Å². The molecule has 0 bridgehead atoms. The fourth-order valence-corrected chi connectivity index (χ4v) is 2.48. The average molecular weight is 429 g/mol. The largest absolute Gasteiger partial charge is 0.496 e. The standard InChI is InChI=1S/C16H12Br2FNO2/c1-22-15-6-4-11(17)8-10(15)2-7-16(21)20-14-5-3-12(18)9-13(14)19/h2-9H,1H3,(H,20,21)/b7-2+. The van der Waals surface area contributed by atoms with Gasteiger partial charge in [-0.25, -0.2) is 4.39 Å². The highest BCUT2D eigenvalue weighted by atomic mass is 79.9. The topological polar surface area (TPSA) is 38.3 Å². The zero-order chi connectivity index (χ0) is 16.1. The maximum Gasteiger partial charge on any atom is 0.248 e. The molecule has 0 aromatic heterocycles. The van der Waals surface area contributed by atoms with Crippen LogP contribution in [0, 0.1) is 5.82 Å². The molecule has 0 saturated heterocycles. The summed E-state index contributed by atoms with van der Waals surface area (Å²) in [6, 6.07) is 9.88. The predicted octanol–water partition coefficient (Wildman–Crippen LogP) is 5.01. The highest BCUT2D eigenvalue weighted by Crippen LogP contribution is 2.24. The van der Waals surface area contributed by atoms with Gasteiger partial charge in [-0.05, 0) is 42.5 Å². The van der Waals surface area contributed by atoms with E-state index in [4.69, 9.17) is 4.74 Å². The lowest BCUT2D eigenvalue weighted by Crippen LogP contribution is -2.09. The molecular weight excluding hydrogens is 417 g/mol. The van der Waals surface area contributed by atoms with Crippen molar-refractivity contribution in [2.75, 3.05) is 12.4 Å². The second-order valence-corrected chi connectivity index (χ2v) is 6.16. The maximum absolute atomic E-state index is 13.7. The Bertz CT molecular complexity index is 732. The summed E-state index contributed by atoms with van der Waals surface area (Å²) < 4.78 is 20.3. The van der Waals surface area contributed by atoms with E-state index in [1.165, 1.54) is 18.2 Å². The van der Waals surface area contributed by atoms with E-state index in [0.717, 1.165) is 10.0 Å². The van der Waals surface area contributed by atoms with Crippen LogP contribution in [0.4, 0.5) is 10.1 Å². The highest BCUT2D eigenvalue weighted by Gasteiger charge is 2.06. The molecule has 0 atom stereocenters. The highest BCUT2D eigenvalue weighted by molar-refractivity contribution is 9.10. The summed E-state index contributed by atoms with van der Waals surface area (Å²) in [5.41, 5.74) is 0.863. The Hall–Kier alpha value is -1.66. The molecule has 1 amide bonds. The van der Waals surface area contributed by atoms with Crippen molar-refractivity contribution in [3.05, 3.63) is 62.8 Å². The SMILES string of the molecule is COc1ccc(Br)cc1/C=C/C(=O)Nc1ccc(Br)cc1F. The minimum absolute atomic E-state index is 0.124. The van der Waals surface area contributed by atoms with E-state index >= 15 is 0 Å². The molecule has 0 unspecified atom stereocenters. The second kappa shape index (κ2) is 7.56. The molecule has 0 heterocycles. The molecule has 1 N–H and O–H groups in total. The fraction of sp³-hybridized carbons (Fsp3) is 0.0625. The van der Waals surface area contributed by atoms with Gasteiger partial charge in [0.2, 0.25) is 5.91 Å². The van der Waals surface area contributed by atoms with Gasteiger partial charge in [0.25, 0.3) is 0 Å². The number of ether oxygens (including phenoxy) is 1. The summed E-state index contributed by atoms with van der Waals surface area (Å²) in [6.07, 6.45) is 2.93. The van der Waals surface area contributed by atoms with Gasteiger partial charge in [0.15, 0.2) is 0 Å². The summed E-state index contributed by atoms with van der Waals surface area (Å²) in [7, 11) is 1.55. The van der Waals surface area contributed by atoms with Crippen LogP contribution in [0.2, 0.25) is 0 Å². The van der Waals surface area contributed by atoms with E-state index in [9.17, 15) is 9.18 Å². The van der Waals surface area contributed by atoms with Crippen LogP contribution in [-0.2, 0) is 4.79 Å². The molecule has 2 aromatic rings. The number of carbonyl (C=O) groups excluding carboxylic acids is 1. The minimum atomic E-state index is -0.504. The third-order valence-electron chi connectivity index (χ3n) is 2.80. The van der Waals surface area contributed by atoms with Crippen molar-refractivity contribution < 1.29 is 13.9 Å². The summed E-state index contributed by atoms with van der Waals surface area (Å²) in [5.74, 6) is -0.290. The molecule has 114 valence electrons. The molecule has 0 radical (unpaired) electrons. The van der Waals surface area contributed by atoms with Crippen LogP contribution < -0.4 is 10.1 Å². The van der Waals surface area contributed by atoms with Crippen molar-refractivity contribution in [2.45, 2.75) is 0 Å². The predicted molar refractivity (Wildman–Crippen MR) is 92.5 cm³/mol. The number of hydrogen-bond donors (Lipinski definition) is 1. The number of rotatable bonds is 4. The first-order chi connectivity index (χ1) is 10.5. The summed E-state index contributed by atoms with van der Waals surface area (Å²) in [4.78, 5) is 11.9. The monoisotopic (exact) mass is 427 g/mol. The Morgan fingerprint density at radius 2 is 1.86 bits per heavy atom. The molecule has 0 aliphatic heterocycles. The number of carbonyl (C=O) groups is 1. The van der Waals surface area contributed by atoms with Crippen molar-refractivity contribution in [3.8, 4) is 5.75 Å². The molecule has 0 aliphatic carbocycles. The molecule has 22 heavy (non-hydrogen) atoms. The van der Waals surface area contributed by atoms with Crippen molar-refractivity contribution in [1.29, 1.82) is 0 Å². The van der Waals surface area contributed by atoms with Gasteiger partial charge in [-0.3, -0.25) is 4.79 Å². The molecule has 0 fully saturated rings. The third kappa shape index (κ3) is 4.42. The number of anilines is 1. The number of hydrogen-bond acceptors (Lipinski definition) is 2. The van der Waals surface area contributed by atoms with Crippen LogP contribution >= 0.6 is 31.9 Å². The number of nitrogens with one attached hydrogen (secondary N) is 1. The minimum Gasteiger partial charge on any atom is -0.496 e. The van der Waals surface area contributed by atoms with Gasteiger partial charge < -0.3 is 10.1 Å². The van der Waals surface area contributed by atoms with Gasteiger partial charge >= 0.3 is 0 Å². The Morgan fingerprint density at radius 1 is 1.18 bits per heavy atom. The lowest BCUT2D eigenvalue weighted by atomic mass is 10.2. The lowest BCUT2D eigenvalue weighted by molar-refractivity contribution is -0.111. The third-order valence-corrected chi connectivity index (χ3v) is 3.78. The van der Waals surface area contributed by atoms with Crippen molar-refractivity contribution in [2.24, 2.45) is 0 Å². The Morgan fingerprint density at radius 3 is 2.55 bits per heavy atom. The average Bonchev–Trinajstić information content (AvgIpc) is 2.48. The Labute approximate surface area is 144 Å². The molecule has 3 nitrogen and oxygen atoms in total. The molecule has 0 saturated carbocycles. The van der Waals surface area contributed by atoms with E-state index < -0.39 is 11.7 Å². The van der Waals surface area contributed by atoms with Crippen LogP contribution in [0.5, 0.6) is 5.75 Å². The number of halogens is 3. The molecule has 2 rings (SSSR count). The smallest absolute Gasteiger partial charge is 0.248 e. The van der Waals surface area contributed by atoms with Gasteiger partial charge in [-0.1, -0.05) is 31.9 Å². The Kier molecular flexibility index (Phi) is 5.74. The van der Waals surface area contributed by atoms with E-state index in [0.29, 0.717) is 10.2 Å². The zero-order valence-electron chi connectivity index (χ0n) is 11.6. The van der Waals surface area contributed by atoms with Crippen molar-refractivity contribution in [3.63, 3.8) is 0 Å². The summed E-state index contributed by atoms with van der Waals surface area (Å²) in [5, 5.41) is 2.49. The van der Waals surface area contributed by atoms with E-state index in [1.807, 2.05) is 12.1 Å². The number of amides is 1. The normalized spacial score (nSPS) is 10.7. The van der Waals surface area contributed by atoms with Gasteiger partial charge in [-0.15, -0.1) is 0 Å². The molecular formula is C16H12Br2FNO2. The fourth-order valence-electron chi connectivity index (χ4n) is 1.77.